The van der Waals surface area contributed by atoms with Gasteiger partial charge in [0.05, 0.1) is 23.2 Å². The van der Waals surface area contributed by atoms with Crippen molar-refractivity contribution in [2.75, 3.05) is 0 Å². The molecular weight excluding hydrogens is 388 g/mol. The third-order valence-electron chi connectivity index (χ3n) is 4.85. The Hall–Kier alpha value is -3.23. The molecule has 1 N–H and O–H groups in total. The molecule has 0 amide bonds. The molecule has 5 nitrogen and oxygen atoms in total. The van der Waals surface area contributed by atoms with Gasteiger partial charge < -0.3 is 5.21 Å². The van der Waals surface area contributed by atoms with Crippen molar-refractivity contribution in [1.82, 2.24) is 14.8 Å². The zero-order valence-electron chi connectivity index (χ0n) is 15.1. The van der Waals surface area contributed by atoms with Crippen LogP contribution in [0.1, 0.15) is 40.8 Å². The number of aromatic nitrogens is 3. The molecular formula is C20H16F4N4O. The summed E-state index contributed by atoms with van der Waals surface area (Å²) in [5.41, 5.74) is 2.05. The van der Waals surface area contributed by atoms with E-state index >= 15 is 0 Å². The highest BCUT2D eigenvalue weighted by atomic mass is 19.4. The lowest BCUT2D eigenvalue weighted by atomic mass is 9.96. The van der Waals surface area contributed by atoms with Gasteiger partial charge in [-0.15, -0.1) is 0 Å². The van der Waals surface area contributed by atoms with Crippen LogP contribution >= 0.6 is 0 Å². The molecule has 2 heterocycles. The second-order valence-electron chi connectivity index (χ2n) is 6.86. The molecule has 3 aromatic rings. The van der Waals surface area contributed by atoms with Crippen LogP contribution in [0.3, 0.4) is 0 Å². The van der Waals surface area contributed by atoms with Crippen molar-refractivity contribution >= 4 is 5.71 Å². The van der Waals surface area contributed by atoms with Crippen molar-refractivity contribution in [3.05, 3.63) is 76.5 Å². The molecule has 0 spiro atoms. The van der Waals surface area contributed by atoms with Crippen LogP contribution in [0.2, 0.25) is 0 Å². The molecule has 0 radical (unpaired) electrons. The van der Waals surface area contributed by atoms with Crippen LogP contribution in [0.15, 0.2) is 47.9 Å². The molecule has 2 aromatic heterocycles. The van der Waals surface area contributed by atoms with E-state index in [2.05, 4.69) is 15.2 Å². The highest BCUT2D eigenvalue weighted by Crippen LogP contribution is 2.31. The lowest BCUT2D eigenvalue weighted by Crippen LogP contribution is -2.14. The van der Waals surface area contributed by atoms with E-state index in [1.54, 1.807) is 23.0 Å². The van der Waals surface area contributed by atoms with Crippen LogP contribution in [0.25, 0.3) is 5.82 Å². The lowest BCUT2D eigenvalue weighted by molar-refractivity contribution is -0.137. The largest absolute Gasteiger partial charge is 0.416 e. The van der Waals surface area contributed by atoms with E-state index in [1.807, 2.05) is 0 Å². The number of pyridine rings is 1. The van der Waals surface area contributed by atoms with Crippen LogP contribution in [0.4, 0.5) is 17.6 Å². The first-order valence-corrected chi connectivity index (χ1v) is 8.95. The number of fused-ring (bicyclic) bond motifs is 1. The van der Waals surface area contributed by atoms with Gasteiger partial charge in [-0.25, -0.2) is 14.1 Å². The zero-order chi connectivity index (χ0) is 20.6. The molecule has 0 saturated carbocycles. The minimum Gasteiger partial charge on any atom is -0.411 e. The molecule has 1 aromatic carbocycles. The monoisotopic (exact) mass is 404 g/mol. The maximum absolute atomic E-state index is 13.7. The van der Waals surface area contributed by atoms with E-state index < -0.39 is 17.6 Å². The Kier molecular flexibility index (Phi) is 4.81. The molecule has 150 valence electrons. The number of benzene rings is 1. The molecule has 0 fully saturated rings. The number of rotatable bonds is 3. The van der Waals surface area contributed by atoms with Crippen molar-refractivity contribution < 1.29 is 22.8 Å². The first-order chi connectivity index (χ1) is 13.8. The molecule has 0 saturated heterocycles. The maximum atomic E-state index is 13.7. The fourth-order valence-electron chi connectivity index (χ4n) is 3.55. The Morgan fingerprint density at radius 2 is 1.93 bits per heavy atom. The summed E-state index contributed by atoms with van der Waals surface area (Å²) in [7, 11) is 0. The van der Waals surface area contributed by atoms with Crippen molar-refractivity contribution in [2.24, 2.45) is 5.16 Å². The van der Waals surface area contributed by atoms with Gasteiger partial charge in [-0.05, 0) is 67.1 Å². The Morgan fingerprint density at radius 1 is 1.10 bits per heavy atom. The number of alkyl halides is 3. The Balaban J connectivity index is 1.66. The third-order valence-corrected chi connectivity index (χ3v) is 4.85. The van der Waals surface area contributed by atoms with Gasteiger partial charge in [-0.3, -0.25) is 0 Å². The Labute approximate surface area is 163 Å². The minimum absolute atomic E-state index is 0.114. The summed E-state index contributed by atoms with van der Waals surface area (Å²) >= 11 is 0. The van der Waals surface area contributed by atoms with Gasteiger partial charge in [-0.2, -0.15) is 18.3 Å². The highest BCUT2D eigenvalue weighted by molar-refractivity contribution is 6.01. The summed E-state index contributed by atoms with van der Waals surface area (Å²) in [5, 5.41) is 16.8. The highest BCUT2D eigenvalue weighted by Gasteiger charge is 2.31. The predicted molar refractivity (Wildman–Crippen MR) is 96.8 cm³/mol. The second kappa shape index (κ2) is 7.31. The number of nitrogens with zero attached hydrogens (tertiary/aromatic N) is 4. The van der Waals surface area contributed by atoms with Gasteiger partial charge in [0.25, 0.3) is 0 Å². The first-order valence-electron chi connectivity index (χ1n) is 8.95. The average molecular weight is 404 g/mol. The number of halogens is 4. The van der Waals surface area contributed by atoms with Crippen LogP contribution < -0.4 is 0 Å². The number of hydrogen-bond acceptors (Lipinski definition) is 4. The van der Waals surface area contributed by atoms with Crippen molar-refractivity contribution in [1.29, 1.82) is 0 Å². The van der Waals surface area contributed by atoms with Gasteiger partial charge in [0.15, 0.2) is 5.82 Å². The van der Waals surface area contributed by atoms with Gasteiger partial charge >= 0.3 is 6.18 Å². The Morgan fingerprint density at radius 3 is 2.69 bits per heavy atom. The van der Waals surface area contributed by atoms with E-state index in [4.69, 9.17) is 5.21 Å². The van der Waals surface area contributed by atoms with Crippen LogP contribution in [-0.4, -0.2) is 25.7 Å². The van der Waals surface area contributed by atoms with Gasteiger partial charge in [0, 0.05) is 11.8 Å². The van der Waals surface area contributed by atoms with Crippen molar-refractivity contribution in [3.8, 4) is 5.82 Å². The molecule has 4 rings (SSSR count). The summed E-state index contributed by atoms with van der Waals surface area (Å²) in [6.45, 7) is 0. The maximum Gasteiger partial charge on any atom is 0.416 e. The fraction of sp³-hybridized carbons (Fsp3) is 0.250. The molecule has 9 heteroatoms. The number of oxime groups is 1. The quantitative estimate of drug-likeness (QED) is 0.396. The van der Waals surface area contributed by atoms with Crippen molar-refractivity contribution in [2.45, 2.75) is 31.9 Å². The van der Waals surface area contributed by atoms with E-state index in [0.717, 1.165) is 36.2 Å². The van der Waals surface area contributed by atoms with E-state index in [0.29, 0.717) is 29.6 Å². The third kappa shape index (κ3) is 3.85. The van der Waals surface area contributed by atoms with Crippen LogP contribution in [0.5, 0.6) is 0 Å². The molecule has 1 aliphatic carbocycles. The first kappa shape index (κ1) is 19.1. The smallest absolute Gasteiger partial charge is 0.411 e. The van der Waals surface area contributed by atoms with Crippen molar-refractivity contribution in [3.63, 3.8) is 0 Å². The second-order valence-corrected chi connectivity index (χ2v) is 6.86. The standard InChI is InChI=1S/C20H16F4N4O/c21-15-8-13(7-14(10-15)20(22,23)24)6-12-4-5-25-19(9-12)28-18-3-1-2-17(27-29)16(18)11-26-28/h4-5,7-11,29H,1-3,6H2. The van der Waals surface area contributed by atoms with E-state index in [9.17, 15) is 17.6 Å². The summed E-state index contributed by atoms with van der Waals surface area (Å²) in [4.78, 5) is 4.30. The topological polar surface area (TPSA) is 63.3 Å². The van der Waals surface area contributed by atoms with E-state index in [-0.39, 0.29) is 12.0 Å². The summed E-state index contributed by atoms with van der Waals surface area (Å²) in [5.74, 6) is -0.434. The molecule has 0 atom stereocenters. The molecule has 0 aliphatic heterocycles. The summed E-state index contributed by atoms with van der Waals surface area (Å²) in [6.07, 6.45) is 0.848. The molecule has 1 aliphatic rings. The number of hydrogen-bond donors (Lipinski definition) is 1. The SMILES string of the molecule is ON=C1CCCc2c1cnn2-c1cc(Cc2cc(F)cc(C(F)(F)F)c2)ccn1. The van der Waals surface area contributed by atoms with Gasteiger partial charge in [0.2, 0.25) is 0 Å². The molecule has 0 bridgehead atoms. The lowest BCUT2D eigenvalue weighted by Gasteiger charge is -2.15. The minimum atomic E-state index is -4.61. The zero-order valence-corrected chi connectivity index (χ0v) is 15.1. The normalized spacial score (nSPS) is 15.5. The molecule has 29 heavy (non-hydrogen) atoms. The van der Waals surface area contributed by atoms with Crippen LogP contribution in [-0.2, 0) is 19.0 Å². The summed E-state index contributed by atoms with van der Waals surface area (Å²) < 4.78 is 54.1. The van der Waals surface area contributed by atoms with Crippen LogP contribution in [0, 0.1) is 5.82 Å². The summed E-state index contributed by atoms with van der Waals surface area (Å²) in [6, 6.07) is 5.89. The molecule has 0 unspecified atom stereocenters. The van der Waals surface area contributed by atoms with E-state index in [1.165, 1.54) is 6.20 Å². The van der Waals surface area contributed by atoms with Gasteiger partial charge in [0.1, 0.15) is 5.82 Å². The average Bonchev–Trinajstić information content (AvgIpc) is 3.11. The Bertz CT molecular complexity index is 1090. The predicted octanol–water partition coefficient (Wildman–Crippen LogP) is 4.53. The fourth-order valence-corrected chi connectivity index (χ4v) is 3.55. The van der Waals surface area contributed by atoms with Gasteiger partial charge in [-0.1, -0.05) is 5.16 Å².